The van der Waals surface area contributed by atoms with Gasteiger partial charge >= 0.3 is 5.97 Å². The number of benzene rings is 2. The molecule has 2 rings (SSSR count). The highest BCUT2D eigenvalue weighted by molar-refractivity contribution is 7.80. The SMILES string of the molecule is CCCCCN(Cc1ccc(NC(=O)c2c(C)cccc2C(=O)O)cc1)C(=O)CNC(=O)C(CS)CC(C)C. The minimum Gasteiger partial charge on any atom is -0.478 e. The van der Waals surface area contributed by atoms with Gasteiger partial charge in [-0.15, -0.1) is 0 Å². The van der Waals surface area contributed by atoms with Gasteiger partial charge in [-0.2, -0.15) is 12.6 Å². The number of rotatable bonds is 15. The highest BCUT2D eigenvalue weighted by Crippen LogP contribution is 2.19. The summed E-state index contributed by atoms with van der Waals surface area (Å²) in [4.78, 5) is 51.8. The molecule has 1 atom stereocenters. The Morgan fingerprint density at radius 2 is 1.72 bits per heavy atom. The molecule has 0 aromatic heterocycles. The van der Waals surface area contributed by atoms with E-state index in [0.29, 0.717) is 42.4 Å². The monoisotopic (exact) mass is 555 g/mol. The number of carbonyl (C=O) groups is 4. The summed E-state index contributed by atoms with van der Waals surface area (Å²) in [6, 6.07) is 11.8. The van der Waals surface area contributed by atoms with Crippen molar-refractivity contribution in [2.24, 2.45) is 11.8 Å². The van der Waals surface area contributed by atoms with E-state index in [0.717, 1.165) is 24.8 Å². The molecule has 0 spiro atoms. The first-order valence-corrected chi connectivity index (χ1v) is 14.1. The van der Waals surface area contributed by atoms with Crippen LogP contribution in [0.25, 0.3) is 0 Å². The van der Waals surface area contributed by atoms with Crippen LogP contribution in [0.5, 0.6) is 0 Å². The van der Waals surface area contributed by atoms with Crippen molar-refractivity contribution in [2.45, 2.75) is 59.9 Å². The maximum Gasteiger partial charge on any atom is 0.336 e. The van der Waals surface area contributed by atoms with Gasteiger partial charge in [-0.3, -0.25) is 14.4 Å². The third-order valence-corrected chi connectivity index (χ3v) is 6.90. The molecule has 0 saturated carbocycles. The Bertz CT molecular complexity index is 1130. The first-order valence-electron chi connectivity index (χ1n) is 13.5. The number of amides is 3. The number of hydrogen-bond donors (Lipinski definition) is 4. The van der Waals surface area contributed by atoms with Crippen LogP contribution in [-0.4, -0.2) is 52.5 Å². The number of anilines is 1. The van der Waals surface area contributed by atoms with E-state index in [1.165, 1.54) is 6.07 Å². The topological polar surface area (TPSA) is 116 Å². The number of carboxylic acids is 1. The lowest BCUT2D eigenvalue weighted by molar-refractivity contribution is -0.134. The Morgan fingerprint density at radius 1 is 1.03 bits per heavy atom. The number of unbranched alkanes of at least 4 members (excludes halogenated alkanes) is 2. The Hall–Kier alpha value is -3.33. The second-order valence-electron chi connectivity index (χ2n) is 10.2. The fraction of sp³-hybridized carbons (Fsp3) is 0.467. The first-order chi connectivity index (χ1) is 18.6. The van der Waals surface area contributed by atoms with E-state index in [4.69, 9.17) is 0 Å². The molecule has 0 aliphatic rings. The minimum atomic E-state index is -1.16. The number of thiol groups is 1. The van der Waals surface area contributed by atoms with E-state index >= 15 is 0 Å². The van der Waals surface area contributed by atoms with Gasteiger partial charge in [0.2, 0.25) is 11.8 Å². The van der Waals surface area contributed by atoms with Crippen LogP contribution in [0.2, 0.25) is 0 Å². The highest BCUT2D eigenvalue weighted by atomic mass is 32.1. The van der Waals surface area contributed by atoms with Gasteiger partial charge in [0, 0.05) is 30.4 Å². The lowest BCUT2D eigenvalue weighted by Crippen LogP contribution is -2.42. The molecule has 8 nitrogen and oxygen atoms in total. The quantitative estimate of drug-likeness (QED) is 0.179. The molecule has 0 radical (unpaired) electrons. The maximum atomic E-state index is 13.1. The van der Waals surface area contributed by atoms with Gasteiger partial charge in [-0.1, -0.05) is 57.9 Å². The summed E-state index contributed by atoms with van der Waals surface area (Å²) in [5.41, 5.74) is 2.03. The fourth-order valence-corrected chi connectivity index (χ4v) is 4.67. The smallest absolute Gasteiger partial charge is 0.336 e. The van der Waals surface area contributed by atoms with Crippen LogP contribution in [0.1, 0.15) is 78.3 Å². The zero-order valence-corrected chi connectivity index (χ0v) is 24.2. The summed E-state index contributed by atoms with van der Waals surface area (Å²) >= 11 is 4.30. The van der Waals surface area contributed by atoms with Crippen molar-refractivity contribution in [3.8, 4) is 0 Å². The average Bonchev–Trinajstić information content (AvgIpc) is 2.90. The zero-order chi connectivity index (χ0) is 28.9. The van der Waals surface area contributed by atoms with Crippen LogP contribution >= 0.6 is 12.6 Å². The number of aryl methyl sites for hydroxylation is 1. The molecule has 3 amide bonds. The molecule has 0 saturated heterocycles. The van der Waals surface area contributed by atoms with Gasteiger partial charge in [0.25, 0.3) is 5.91 Å². The van der Waals surface area contributed by atoms with Crippen LogP contribution in [0.15, 0.2) is 42.5 Å². The predicted octanol–water partition coefficient (Wildman–Crippen LogP) is 5.17. The molecule has 0 fully saturated rings. The molecule has 0 heterocycles. The van der Waals surface area contributed by atoms with Crippen LogP contribution < -0.4 is 10.6 Å². The van der Waals surface area contributed by atoms with Gasteiger partial charge in [-0.25, -0.2) is 4.79 Å². The predicted molar refractivity (Wildman–Crippen MR) is 157 cm³/mol. The number of aromatic carboxylic acids is 1. The van der Waals surface area contributed by atoms with E-state index in [-0.39, 0.29) is 35.4 Å². The summed E-state index contributed by atoms with van der Waals surface area (Å²) < 4.78 is 0. The van der Waals surface area contributed by atoms with Crippen molar-refractivity contribution in [2.75, 3.05) is 24.2 Å². The molecular formula is C30H41N3O5S. The van der Waals surface area contributed by atoms with Gasteiger partial charge in [0.1, 0.15) is 0 Å². The molecular weight excluding hydrogens is 514 g/mol. The molecule has 212 valence electrons. The standard InChI is InChI=1S/C30H41N3O5S/c1-5-6-7-15-33(26(34)17-31-28(35)23(19-39)16-20(2)3)18-22-11-13-24(14-12-22)32-29(36)27-21(4)9-8-10-25(27)30(37)38/h8-14,20,23,39H,5-7,15-19H2,1-4H3,(H,31,35)(H,32,36)(H,37,38). The second kappa shape index (κ2) is 15.9. The molecule has 39 heavy (non-hydrogen) atoms. The molecule has 3 N–H and O–H groups in total. The van der Waals surface area contributed by atoms with Crippen molar-refractivity contribution >= 4 is 42.0 Å². The van der Waals surface area contributed by atoms with Gasteiger partial charge in [0.15, 0.2) is 0 Å². The summed E-state index contributed by atoms with van der Waals surface area (Å²) in [6.45, 7) is 8.78. The maximum absolute atomic E-state index is 13.1. The summed E-state index contributed by atoms with van der Waals surface area (Å²) in [5, 5.41) is 15.0. The molecule has 2 aromatic carbocycles. The van der Waals surface area contributed by atoms with Crippen LogP contribution in [0.4, 0.5) is 5.69 Å². The van der Waals surface area contributed by atoms with Crippen molar-refractivity contribution in [1.82, 2.24) is 10.2 Å². The summed E-state index contributed by atoms with van der Waals surface area (Å²) in [6.07, 6.45) is 3.60. The van der Waals surface area contributed by atoms with Crippen molar-refractivity contribution in [3.63, 3.8) is 0 Å². The van der Waals surface area contributed by atoms with Crippen molar-refractivity contribution in [1.29, 1.82) is 0 Å². The van der Waals surface area contributed by atoms with E-state index < -0.39 is 11.9 Å². The normalized spacial score (nSPS) is 11.6. The summed E-state index contributed by atoms with van der Waals surface area (Å²) in [7, 11) is 0. The average molecular weight is 556 g/mol. The Morgan fingerprint density at radius 3 is 2.31 bits per heavy atom. The van der Waals surface area contributed by atoms with Crippen molar-refractivity contribution < 1.29 is 24.3 Å². The fourth-order valence-electron chi connectivity index (χ4n) is 4.35. The molecule has 9 heteroatoms. The van der Waals surface area contributed by atoms with E-state index in [1.54, 1.807) is 36.1 Å². The minimum absolute atomic E-state index is 0.0534. The van der Waals surface area contributed by atoms with Gasteiger partial charge < -0.3 is 20.6 Å². The zero-order valence-electron chi connectivity index (χ0n) is 23.3. The number of carboxylic acid groups (broad SMARTS) is 1. The molecule has 0 aliphatic heterocycles. The highest BCUT2D eigenvalue weighted by Gasteiger charge is 2.21. The number of hydrogen-bond acceptors (Lipinski definition) is 5. The lowest BCUT2D eigenvalue weighted by Gasteiger charge is -2.24. The van der Waals surface area contributed by atoms with Crippen LogP contribution in [-0.2, 0) is 16.1 Å². The lowest BCUT2D eigenvalue weighted by atomic mass is 9.98. The second-order valence-corrected chi connectivity index (χ2v) is 10.6. The van der Waals surface area contributed by atoms with E-state index in [2.05, 4.69) is 44.0 Å². The number of nitrogens with one attached hydrogen (secondary N) is 2. The van der Waals surface area contributed by atoms with E-state index in [9.17, 15) is 24.3 Å². The molecule has 0 bridgehead atoms. The summed E-state index contributed by atoms with van der Waals surface area (Å²) in [5.74, 6) is -1.41. The molecule has 0 aliphatic carbocycles. The Labute approximate surface area is 237 Å². The number of carbonyl (C=O) groups excluding carboxylic acids is 3. The van der Waals surface area contributed by atoms with Crippen LogP contribution in [0, 0.1) is 18.8 Å². The third kappa shape index (κ3) is 10.1. The van der Waals surface area contributed by atoms with E-state index in [1.807, 2.05) is 12.1 Å². The first kappa shape index (κ1) is 31.9. The number of nitrogens with zero attached hydrogens (tertiary/aromatic N) is 1. The third-order valence-electron chi connectivity index (χ3n) is 6.46. The Kier molecular flexibility index (Phi) is 13.0. The van der Waals surface area contributed by atoms with Crippen LogP contribution in [0.3, 0.4) is 0 Å². The van der Waals surface area contributed by atoms with Crippen molar-refractivity contribution in [3.05, 3.63) is 64.7 Å². The molecule has 2 aromatic rings. The van der Waals surface area contributed by atoms with Gasteiger partial charge in [-0.05, 0) is 55.0 Å². The largest absolute Gasteiger partial charge is 0.478 e. The Balaban J connectivity index is 2.07. The molecule has 1 unspecified atom stereocenters. The van der Waals surface area contributed by atoms with Gasteiger partial charge in [0.05, 0.1) is 17.7 Å².